The summed E-state index contributed by atoms with van der Waals surface area (Å²) in [7, 11) is 0. The van der Waals surface area contributed by atoms with Crippen molar-refractivity contribution in [2.75, 3.05) is 6.61 Å². The van der Waals surface area contributed by atoms with Crippen LogP contribution in [0.4, 0.5) is 0 Å². The molecule has 1 unspecified atom stereocenters. The van der Waals surface area contributed by atoms with Gasteiger partial charge in [-0.2, -0.15) is 0 Å². The first-order valence-electron chi connectivity index (χ1n) is 2.92. The van der Waals surface area contributed by atoms with E-state index in [1.165, 1.54) is 0 Å². The summed E-state index contributed by atoms with van der Waals surface area (Å²) in [6, 6.07) is 0. The first-order chi connectivity index (χ1) is 3.60. The van der Waals surface area contributed by atoms with E-state index < -0.39 is 0 Å². The van der Waals surface area contributed by atoms with Crippen LogP contribution in [0.3, 0.4) is 0 Å². The zero-order valence-electron chi connectivity index (χ0n) is 5.60. The minimum atomic E-state index is -0.334. The van der Waals surface area contributed by atoms with E-state index in [1.54, 1.807) is 0 Å². The Morgan fingerprint density at radius 2 is 2.00 bits per heavy atom. The van der Waals surface area contributed by atoms with Gasteiger partial charge in [0.1, 0.15) is 0 Å². The van der Waals surface area contributed by atoms with E-state index in [0.29, 0.717) is 0 Å². The van der Waals surface area contributed by atoms with E-state index in [9.17, 15) is 0 Å². The van der Waals surface area contributed by atoms with Crippen LogP contribution in [0, 0.1) is 0 Å². The third-order valence-corrected chi connectivity index (χ3v) is 1.15. The van der Waals surface area contributed by atoms with Crippen molar-refractivity contribution in [1.82, 2.24) is 0 Å². The minimum Gasteiger partial charge on any atom is -0.348 e. The Hall–Kier alpha value is -0.0800. The second kappa shape index (κ2) is 2.67. The van der Waals surface area contributed by atoms with Crippen LogP contribution >= 0.6 is 0 Å². The average Bonchev–Trinajstić information content (AvgIpc) is 1.82. The van der Waals surface area contributed by atoms with Crippen LogP contribution in [0.2, 0.25) is 0 Å². The van der Waals surface area contributed by atoms with Gasteiger partial charge in [0.25, 0.3) is 0 Å². The fraction of sp³-hybridized carbons (Fsp3) is 1.00. The molecule has 2 nitrogen and oxygen atoms in total. The van der Waals surface area contributed by atoms with Crippen LogP contribution in [0.5, 0.6) is 0 Å². The number of ether oxygens (including phenoxy) is 2. The predicted molar refractivity (Wildman–Crippen MR) is 37.3 cm³/mol. The molecule has 1 fully saturated rings. The summed E-state index contributed by atoms with van der Waals surface area (Å²) in [6.45, 7) is 6.59. The molecule has 1 aliphatic heterocycles. The highest BCUT2D eigenvalue weighted by atomic mass is 16.7. The fourth-order valence-corrected chi connectivity index (χ4v) is 0.871. The van der Waals surface area contributed by atoms with Crippen molar-refractivity contribution in [2.24, 2.45) is 0 Å². The van der Waals surface area contributed by atoms with E-state index in [2.05, 4.69) is 0 Å². The van der Waals surface area contributed by atoms with Gasteiger partial charge in [0.2, 0.25) is 0 Å². The maximum absolute atomic E-state index is 5.33. The van der Waals surface area contributed by atoms with E-state index in [4.69, 9.17) is 9.47 Å². The molecule has 0 aromatic carbocycles. The summed E-state index contributed by atoms with van der Waals surface area (Å²) in [5.41, 5.74) is 0. The van der Waals surface area contributed by atoms with Crippen molar-refractivity contribution in [3.63, 3.8) is 0 Å². The molecule has 0 aromatic rings. The van der Waals surface area contributed by atoms with Crippen LogP contribution in [-0.2, 0) is 9.47 Å². The molecule has 0 spiro atoms. The summed E-state index contributed by atoms with van der Waals surface area (Å²) in [5.74, 6) is -0.334. The second-order valence-corrected chi connectivity index (χ2v) is 2.64. The quantitative estimate of drug-likeness (QED) is 0.500. The number of rotatable bonds is 0. The van der Waals surface area contributed by atoms with Crippen molar-refractivity contribution in [3.05, 3.63) is 0 Å². The maximum Gasteiger partial charge on any atom is 0.163 e. The molecule has 0 N–H and O–H groups in total. The van der Waals surface area contributed by atoms with E-state index in [0.717, 1.165) is 6.61 Å². The molecular weight excluding hydrogens is 116 g/mol. The molecule has 0 radical (unpaired) electrons. The molecule has 1 atom stereocenters. The van der Waals surface area contributed by atoms with Gasteiger partial charge >= 0.3 is 0 Å². The van der Waals surface area contributed by atoms with Gasteiger partial charge in [-0.3, -0.25) is 0 Å². The molecule has 1 aliphatic rings. The zero-order chi connectivity index (χ0) is 6.20. The first-order valence-corrected chi connectivity index (χ1v) is 2.92. The maximum atomic E-state index is 5.33. The Bertz CT molecular complexity index is 88.9. The Labute approximate surface area is 57.2 Å². The van der Waals surface area contributed by atoms with Crippen molar-refractivity contribution >= 4 is 0 Å². The van der Waals surface area contributed by atoms with Crippen molar-refractivity contribution in [1.29, 1.82) is 0 Å². The lowest BCUT2D eigenvalue weighted by molar-refractivity contribution is -0.136. The monoisotopic (exact) mass is 132 g/mol. The van der Waals surface area contributed by atoms with Crippen LogP contribution < -0.4 is 0 Å². The molecule has 1 rings (SSSR count). The SMILES string of the molecule is C.CC1COC(C)(C)O1. The molecule has 1 heterocycles. The standard InChI is InChI=1S/C6H12O2.CH4/c1-5-4-7-6(2,3)8-5;/h5H,4H2,1-3H3;1H4. The van der Waals surface area contributed by atoms with Crippen LogP contribution in [0.1, 0.15) is 28.2 Å². The van der Waals surface area contributed by atoms with Crippen LogP contribution in [0.15, 0.2) is 0 Å². The highest BCUT2D eigenvalue weighted by molar-refractivity contribution is 4.65. The van der Waals surface area contributed by atoms with Crippen molar-refractivity contribution in [2.45, 2.75) is 40.1 Å². The molecule has 0 bridgehead atoms. The zero-order valence-corrected chi connectivity index (χ0v) is 5.60. The van der Waals surface area contributed by atoms with Gasteiger partial charge in [-0.25, -0.2) is 0 Å². The van der Waals surface area contributed by atoms with Crippen LogP contribution in [-0.4, -0.2) is 18.5 Å². The average molecular weight is 132 g/mol. The molecule has 0 aliphatic carbocycles. The van der Waals surface area contributed by atoms with Gasteiger partial charge in [0.15, 0.2) is 5.79 Å². The van der Waals surface area contributed by atoms with Crippen molar-refractivity contribution < 1.29 is 9.47 Å². The van der Waals surface area contributed by atoms with Gasteiger partial charge in [0.05, 0.1) is 12.7 Å². The smallest absolute Gasteiger partial charge is 0.163 e. The topological polar surface area (TPSA) is 18.5 Å². The third kappa shape index (κ3) is 2.33. The summed E-state index contributed by atoms with van der Waals surface area (Å²) >= 11 is 0. The van der Waals surface area contributed by atoms with Crippen molar-refractivity contribution in [3.8, 4) is 0 Å². The van der Waals surface area contributed by atoms with Gasteiger partial charge in [-0.05, 0) is 20.8 Å². The summed E-state index contributed by atoms with van der Waals surface area (Å²) in [6.07, 6.45) is 0.269. The lowest BCUT2D eigenvalue weighted by atomic mass is 10.4. The molecule has 1 saturated heterocycles. The molecular formula is C7H16O2. The highest BCUT2D eigenvalue weighted by Crippen LogP contribution is 2.21. The highest BCUT2D eigenvalue weighted by Gasteiger charge is 2.29. The summed E-state index contributed by atoms with van der Waals surface area (Å²) < 4.78 is 10.6. The third-order valence-electron chi connectivity index (χ3n) is 1.15. The number of hydrogen-bond acceptors (Lipinski definition) is 2. The van der Waals surface area contributed by atoms with E-state index in [1.807, 2.05) is 20.8 Å². The normalized spacial score (nSPS) is 31.7. The fourth-order valence-electron chi connectivity index (χ4n) is 0.871. The Morgan fingerprint density at radius 3 is 2.11 bits per heavy atom. The van der Waals surface area contributed by atoms with Gasteiger partial charge in [-0.15, -0.1) is 0 Å². The lowest BCUT2D eigenvalue weighted by Gasteiger charge is -2.15. The summed E-state index contributed by atoms with van der Waals surface area (Å²) in [4.78, 5) is 0. The molecule has 0 aromatic heterocycles. The molecule has 0 saturated carbocycles. The first kappa shape index (κ1) is 8.92. The number of hydrogen-bond donors (Lipinski definition) is 0. The Kier molecular flexibility index (Phi) is 2.65. The summed E-state index contributed by atoms with van der Waals surface area (Å²) in [5, 5.41) is 0. The molecule has 2 heteroatoms. The van der Waals surface area contributed by atoms with Gasteiger partial charge < -0.3 is 9.47 Å². The Morgan fingerprint density at radius 1 is 1.44 bits per heavy atom. The predicted octanol–water partition coefficient (Wildman–Crippen LogP) is 1.79. The second-order valence-electron chi connectivity index (χ2n) is 2.64. The molecule has 9 heavy (non-hydrogen) atoms. The van der Waals surface area contributed by atoms with E-state index in [-0.39, 0.29) is 19.3 Å². The molecule has 56 valence electrons. The van der Waals surface area contributed by atoms with Gasteiger partial charge in [-0.1, -0.05) is 7.43 Å². The van der Waals surface area contributed by atoms with Crippen LogP contribution in [0.25, 0.3) is 0 Å². The van der Waals surface area contributed by atoms with Gasteiger partial charge in [0, 0.05) is 0 Å². The molecule has 0 amide bonds. The Balaban J connectivity index is 0.000000640. The largest absolute Gasteiger partial charge is 0.348 e. The van der Waals surface area contributed by atoms with E-state index >= 15 is 0 Å². The minimum absolute atomic E-state index is 0. The lowest BCUT2D eigenvalue weighted by Crippen LogP contribution is -2.20.